The van der Waals surface area contributed by atoms with E-state index in [-0.39, 0.29) is 29.9 Å². The Morgan fingerprint density at radius 2 is 1.79 bits per heavy atom. The van der Waals surface area contributed by atoms with Crippen LogP contribution >= 0.6 is 0 Å². The van der Waals surface area contributed by atoms with E-state index in [0.717, 1.165) is 56.7 Å². The summed E-state index contributed by atoms with van der Waals surface area (Å²) in [6.07, 6.45) is 3.41. The Bertz CT molecular complexity index is 993. The Labute approximate surface area is 200 Å². The number of likely N-dealkylation sites (tertiary alicyclic amines) is 2. The van der Waals surface area contributed by atoms with Crippen LogP contribution in [0.15, 0.2) is 30.3 Å². The summed E-state index contributed by atoms with van der Waals surface area (Å²) in [6.45, 7) is 6.79. The van der Waals surface area contributed by atoms with Gasteiger partial charge in [0.15, 0.2) is 0 Å². The fourth-order valence-corrected chi connectivity index (χ4v) is 5.28. The van der Waals surface area contributed by atoms with Gasteiger partial charge in [-0.2, -0.15) is 0 Å². The van der Waals surface area contributed by atoms with Gasteiger partial charge in [-0.25, -0.2) is 4.68 Å². The van der Waals surface area contributed by atoms with Gasteiger partial charge in [0, 0.05) is 51.6 Å². The van der Waals surface area contributed by atoms with Gasteiger partial charge in [0.2, 0.25) is 11.8 Å². The molecule has 4 heterocycles. The van der Waals surface area contributed by atoms with Crippen molar-refractivity contribution in [3.8, 4) is 0 Å². The molecule has 2 aromatic rings. The molecule has 5 rings (SSSR count). The normalized spacial score (nSPS) is 22.4. The minimum absolute atomic E-state index is 0.0114. The van der Waals surface area contributed by atoms with E-state index < -0.39 is 0 Å². The molecule has 0 spiro atoms. The van der Waals surface area contributed by atoms with Crippen molar-refractivity contribution in [2.75, 3.05) is 26.2 Å². The lowest BCUT2D eigenvalue weighted by Gasteiger charge is -2.34. The van der Waals surface area contributed by atoms with Crippen LogP contribution in [0.25, 0.3) is 0 Å². The summed E-state index contributed by atoms with van der Waals surface area (Å²) in [5, 5.41) is 12.1. The zero-order valence-corrected chi connectivity index (χ0v) is 19.9. The fraction of sp³-hybridized carbons (Fsp3) is 0.600. The highest BCUT2D eigenvalue weighted by molar-refractivity contribution is 5.79. The number of benzene rings is 1. The highest BCUT2D eigenvalue weighted by Crippen LogP contribution is 2.27. The number of rotatable bonds is 5. The number of amides is 2. The molecule has 1 aromatic carbocycles. The number of fused-ring (bicyclic) bond motifs is 1. The standard InChI is InChI=1S/C25H34N6O3/c1-18(32)30-13-7-20(8-14-30)25(33)26-21-9-11-29(12-10-21)15-22-23-17-34-24(16-31(23)28-27-22)19-5-3-2-4-6-19/h2-6,20-21,24H,7-17H2,1H3,(H,26,33)/t24-/m0/s1. The molecule has 0 unspecified atom stereocenters. The van der Waals surface area contributed by atoms with Crippen LogP contribution in [0.5, 0.6) is 0 Å². The molecule has 182 valence electrons. The minimum Gasteiger partial charge on any atom is -0.365 e. The summed E-state index contributed by atoms with van der Waals surface area (Å²) in [7, 11) is 0. The molecule has 0 aliphatic carbocycles. The highest BCUT2D eigenvalue weighted by Gasteiger charge is 2.30. The van der Waals surface area contributed by atoms with Crippen molar-refractivity contribution in [3.05, 3.63) is 47.3 Å². The number of carbonyl (C=O) groups excluding carboxylic acids is 2. The van der Waals surface area contributed by atoms with E-state index in [1.807, 2.05) is 27.8 Å². The third-order valence-electron chi connectivity index (χ3n) is 7.47. The summed E-state index contributed by atoms with van der Waals surface area (Å²) in [5.41, 5.74) is 3.23. The number of nitrogens with one attached hydrogen (secondary N) is 1. The molecule has 9 heteroatoms. The zero-order chi connectivity index (χ0) is 23.5. The van der Waals surface area contributed by atoms with E-state index in [9.17, 15) is 9.59 Å². The van der Waals surface area contributed by atoms with Crippen molar-refractivity contribution in [3.63, 3.8) is 0 Å². The third-order valence-corrected chi connectivity index (χ3v) is 7.47. The SMILES string of the molecule is CC(=O)N1CCC(C(=O)NC2CCN(Cc3nnn4c3CO[C@H](c3ccccc3)C4)CC2)CC1. The lowest BCUT2D eigenvalue weighted by molar-refractivity contribution is -0.134. The first-order chi connectivity index (χ1) is 16.6. The number of ether oxygens (including phenoxy) is 1. The van der Waals surface area contributed by atoms with Crippen LogP contribution in [-0.2, 0) is 34.0 Å². The maximum Gasteiger partial charge on any atom is 0.223 e. The third kappa shape index (κ3) is 5.15. The van der Waals surface area contributed by atoms with Gasteiger partial charge < -0.3 is 15.0 Å². The van der Waals surface area contributed by atoms with Crippen molar-refractivity contribution in [2.45, 2.75) is 64.4 Å². The van der Waals surface area contributed by atoms with Crippen molar-refractivity contribution >= 4 is 11.8 Å². The van der Waals surface area contributed by atoms with Crippen molar-refractivity contribution in [1.29, 1.82) is 0 Å². The van der Waals surface area contributed by atoms with Gasteiger partial charge in [0.1, 0.15) is 11.8 Å². The number of piperidine rings is 2. The predicted octanol–water partition coefficient (Wildman–Crippen LogP) is 1.89. The molecule has 2 saturated heterocycles. The van der Waals surface area contributed by atoms with Crippen LogP contribution in [0, 0.1) is 5.92 Å². The van der Waals surface area contributed by atoms with Crippen LogP contribution in [0.2, 0.25) is 0 Å². The van der Waals surface area contributed by atoms with E-state index in [1.54, 1.807) is 6.92 Å². The molecule has 3 aliphatic rings. The molecule has 2 amide bonds. The van der Waals surface area contributed by atoms with E-state index in [4.69, 9.17) is 4.74 Å². The highest BCUT2D eigenvalue weighted by atomic mass is 16.5. The van der Waals surface area contributed by atoms with E-state index in [0.29, 0.717) is 26.2 Å². The van der Waals surface area contributed by atoms with Gasteiger partial charge in [-0.05, 0) is 31.2 Å². The number of hydrogen-bond acceptors (Lipinski definition) is 6. The van der Waals surface area contributed by atoms with Gasteiger partial charge in [-0.1, -0.05) is 35.5 Å². The predicted molar refractivity (Wildman–Crippen MR) is 125 cm³/mol. The molecule has 3 aliphatic heterocycles. The van der Waals surface area contributed by atoms with Gasteiger partial charge in [0.25, 0.3) is 0 Å². The summed E-state index contributed by atoms with van der Waals surface area (Å²) >= 11 is 0. The smallest absolute Gasteiger partial charge is 0.223 e. The van der Waals surface area contributed by atoms with Crippen molar-refractivity contribution in [1.82, 2.24) is 30.1 Å². The molecule has 0 radical (unpaired) electrons. The molecular weight excluding hydrogens is 432 g/mol. The Morgan fingerprint density at radius 3 is 2.50 bits per heavy atom. The molecule has 9 nitrogen and oxygen atoms in total. The van der Waals surface area contributed by atoms with Gasteiger partial charge in [0.05, 0.1) is 18.8 Å². The first-order valence-corrected chi connectivity index (χ1v) is 12.4. The second-order valence-corrected chi connectivity index (χ2v) is 9.71. The summed E-state index contributed by atoms with van der Waals surface area (Å²) < 4.78 is 8.12. The Hall–Kier alpha value is -2.78. The summed E-state index contributed by atoms with van der Waals surface area (Å²) in [4.78, 5) is 28.4. The quantitative estimate of drug-likeness (QED) is 0.724. The summed E-state index contributed by atoms with van der Waals surface area (Å²) in [5.74, 6) is 0.276. The van der Waals surface area contributed by atoms with Gasteiger partial charge >= 0.3 is 0 Å². The maximum atomic E-state index is 12.7. The Kier molecular flexibility index (Phi) is 6.92. The van der Waals surface area contributed by atoms with Gasteiger partial charge in [-0.3, -0.25) is 14.5 Å². The molecule has 34 heavy (non-hydrogen) atoms. The average Bonchev–Trinajstić information content (AvgIpc) is 3.27. The molecule has 0 bridgehead atoms. The van der Waals surface area contributed by atoms with E-state index >= 15 is 0 Å². The Morgan fingerprint density at radius 1 is 1.06 bits per heavy atom. The zero-order valence-electron chi connectivity index (χ0n) is 19.9. The second-order valence-electron chi connectivity index (χ2n) is 9.71. The van der Waals surface area contributed by atoms with E-state index in [2.05, 4.69) is 32.7 Å². The molecule has 1 aromatic heterocycles. The fourth-order valence-electron chi connectivity index (χ4n) is 5.28. The van der Waals surface area contributed by atoms with Crippen molar-refractivity contribution < 1.29 is 14.3 Å². The first-order valence-electron chi connectivity index (χ1n) is 12.4. The van der Waals surface area contributed by atoms with Crippen molar-refractivity contribution in [2.24, 2.45) is 5.92 Å². The lowest BCUT2D eigenvalue weighted by atomic mass is 9.94. The first kappa shape index (κ1) is 23.0. The second kappa shape index (κ2) is 10.2. The molecule has 1 N–H and O–H groups in total. The number of aromatic nitrogens is 3. The molecular formula is C25H34N6O3. The molecule has 2 fully saturated rings. The molecule has 0 saturated carbocycles. The van der Waals surface area contributed by atoms with Crippen LogP contribution in [0.1, 0.15) is 55.7 Å². The maximum absolute atomic E-state index is 12.7. The van der Waals surface area contributed by atoms with Crippen LogP contribution in [0.4, 0.5) is 0 Å². The summed E-state index contributed by atoms with van der Waals surface area (Å²) in [6, 6.07) is 10.5. The van der Waals surface area contributed by atoms with Gasteiger partial charge in [-0.15, -0.1) is 5.10 Å². The van der Waals surface area contributed by atoms with Crippen LogP contribution in [-0.4, -0.2) is 68.8 Å². The lowest BCUT2D eigenvalue weighted by Crippen LogP contribution is -2.48. The monoisotopic (exact) mass is 466 g/mol. The van der Waals surface area contributed by atoms with E-state index in [1.165, 1.54) is 5.56 Å². The molecule has 1 atom stereocenters. The average molecular weight is 467 g/mol. The number of hydrogen-bond donors (Lipinski definition) is 1. The number of nitrogens with zero attached hydrogens (tertiary/aromatic N) is 5. The largest absolute Gasteiger partial charge is 0.365 e. The Balaban J connectivity index is 1.08. The van der Waals surface area contributed by atoms with Crippen LogP contribution < -0.4 is 5.32 Å². The number of carbonyl (C=O) groups is 2. The topological polar surface area (TPSA) is 92.6 Å². The minimum atomic E-state index is 0.0114. The van der Waals surface area contributed by atoms with Crippen LogP contribution in [0.3, 0.4) is 0 Å².